The maximum atomic E-state index is 9.14. The fraction of sp³-hybridized carbons (Fsp3) is 0.333. The number of rotatable bonds is 1. The molecule has 0 fully saturated rings. The first-order valence-corrected chi connectivity index (χ1v) is 4.88. The van der Waals surface area contributed by atoms with E-state index in [0.717, 1.165) is 16.6 Å². The molecule has 0 unspecified atom stereocenters. The smallest absolute Gasteiger partial charge is 0.139 e. The summed E-state index contributed by atoms with van der Waals surface area (Å²) >= 11 is 0. The van der Waals surface area contributed by atoms with Gasteiger partial charge in [0.05, 0.1) is 11.5 Å². The predicted molar refractivity (Wildman–Crippen MR) is 59.4 cm³/mol. The van der Waals surface area contributed by atoms with Crippen molar-refractivity contribution in [3.63, 3.8) is 0 Å². The average Bonchev–Trinajstić information content (AvgIpc) is 2.58. The van der Waals surface area contributed by atoms with Crippen molar-refractivity contribution in [3.05, 3.63) is 30.1 Å². The number of hydrogen-bond acceptors (Lipinski definition) is 2. The highest BCUT2D eigenvalue weighted by atomic mass is 15.0. The van der Waals surface area contributed by atoms with E-state index in [-0.39, 0.29) is 0 Å². The Morgan fingerprint density at radius 2 is 2.20 bits per heavy atom. The number of aryl methyl sites for hydroxylation is 1. The van der Waals surface area contributed by atoms with Crippen molar-refractivity contribution in [1.82, 2.24) is 9.55 Å². The van der Waals surface area contributed by atoms with E-state index in [1.165, 1.54) is 0 Å². The van der Waals surface area contributed by atoms with Crippen LogP contribution in [0.3, 0.4) is 0 Å². The molecule has 0 bridgehead atoms. The summed E-state index contributed by atoms with van der Waals surface area (Å²) in [6, 6.07) is 6.23. The molecule has 2 aromatic heterocycles. The second-order valence-electron chi connectivity index (χ2n) is 4.27. The van der Waals surface area contributed by atoms with Crippen LogP contribution in [0.25, 0.3) is 11.0 Å². The van der Waals surface area contributed by atoms with E-state index in [4.69, 9.17) is 5.26 Å². The van der Waals surface area contributed by atoms with Gasteiger partial charge in [-0.2, -0.15) is 5.26 Å². The second kappa shape index (κ2) is 3.09. The third kappa shape index (κ3) is 1.39. The second-order valence-corrected chi connectivity index (χ2v) is 4.27. The third-order valence-corrected chi connectivity index (χ3v) is 2.69. The summed E-state index contributed by atoms with van der Waals surface area (Å²) in [5, 5.41) is 10.2. The minimum Gasteiger partial charge on any atom is -0.335 e. The quantitative estimate of drug-likeness (QED) is 0.707. The van der Waals surface area contributed by atoms with Gasteiger partial charge in [-0.3, -0.25) is 0 Å². The number of nitriles is 1. The monoisotopic (exact) mass is 199 g/mol. The lowest BCUT2D eigenvalue weighted by atomic mass is 9.86. The van der Waals surface area contributed by atoms with Crippen LogP contribution in [-0.4, -0.2) is 9.55 Å². The Balaban J connectivity index is 2.80. The molecule has 0 aliphatic rings. The molecule has 0 N–H and O–H groups in total. The Morgan fingerprint density at radius 1 is 1.47 bits per heavy atom. The molecule has 0 spiro atoms. The lowest BCUT2D eigenvalue weighted by Crippen LogP contribution is -2.13. The van der Waals surface area contributed by atoms with Crippen molar-refractivity contribution in [2.24, 2.45) is 7.05 Å². The van der Waals surface area contributed by atoms with Crippen LogP contribution in [0.4, 0.5) is 0 Å². The van der Waals surface area contributed by atoms with E-state index >= 15 is 0 Å². The third-order valence-electron chi connectivity index (χ3n) is 2.69. The average molecular weight is 199 g/mol. The van der Waals surface area contributed by atoms with Crippen LogP contribution in [0.1, 0.15) is 19.4 Å². The van der Waals surface area contributed by atoms with E-state index in [1.54, 1.807) is 6.20 Å². The van der Waals surface area contributed by atoms with Crippen LogP contribution in [0, 0.1) is 11.3 Å². The Kier molecular flexibility index (Phi) is 2.01. The molecule has 3 heteroatoms. The highest BCUT2D eigenvalue weighted by molar-refractivity contribution is 5.82. The van der Waals surface area contributed by atoms with Gasteiger partial charge in [0.2, 0.25) is 0 Å². The number of hydrogen-bond donors (Lipinski definition) is 0. The van der Waals surface area contributed by atoms with Crippen LogP contribution in [-0.2, 0) is 12.5 Å². The van der Waals surface area contributed by atoms with Crippen LogP contribution < -0.4 is 0 Å². The summed E-state index contributed by atoms with van der Waals surface area (Å²) in [4.78, 5) is 4.30. The zero-order chi connectivity index (χ0) is 11.1. The summed E-state index contributed by atoms with van der Waals surface area (Å²) < 4.78 is 1.96. The lowest BCUT2D eigenvalue weighted by molar-refractivity contribution is 0.689. The minimum atomic E-state index is -0.470. The molecule has 0 saturated carbocycles. The van der Waals surface area contributed by atoms with Gasteiger partial charge in [-0.25, -0.2) is 4.98 Å². The summed E-state index contributed by atoms with van der Waals surface area (Å²) in [5.41, 5.74) is 1.49. The molecule has 0 amide bonds. The van der Waals surface area contributed by atoms with Crippen molar-refractivity contribution >= 4 is 11.0 Å². The lowest BCUT2D eigenvalue weighted by Gasteiger charge is -2.13. The number of pyridine rings is 1. The normalized spacial score (nSPS) is 11.6. The molecule has 3 nitrogen and oxygen atoms in total. The first kappa shape index (κ1) is 9.72. The van der Waals surface area contributed by atoms with Gasteiger partial charge < -0.3 is 4.57 Å². The van der Waals surface area contributed by atoms with Gasteiger partial charge in [-0.1, -0.05) is 0 Å². The Bertz CT molecular complexity index is 543. The summed E-state index contributed by atoms with van der Waals surface area (Å²) in [5.74, 6) is 0. The van der Waals surface area contributed by atoms with Crippen LogP contribution in [0.5, 0.6) is 0 Å². The summed E-state index contributed by atoms with van der Waals surface area (Å²) in [6.45, 7) is 3.85. The number of fused-ring (bicyclic) bond motifs is 1. The van der Waals surface area contributed by atoms with Crippen molar-refractivity contribution in [2.45, 2.75) is 19.3 Å². The van der Waals surface area contributed by atoms with Crippen molar-refractivity contribution in [1.29, 1.82) is 5.26 Å². The van der Waals surface area contributed by atoms with Gasteiger partial charge in [-0.15, -0.1) is 0 Å². The first-order chi connectivity index (χ1) is 7.06. The number of nitrogens with zero attached hydrogens (tertiary/aromatic N) is 3. The predicted octanol–water partition coefficient (Wildman–Crippen LogP) is 2.37. The summed E-state index contributed by atoms with van der Waals surface area (Å²) in [6.07, 6.45) is 3.76. The first-order valence-electron chi connectivity index (χ1n) is 4.88. The molecule has 0 aliphatic heterocycles. The highest BCUT2D eigenvalue weighted by Gasteiger charge is 2.24. The van der Waals surface area contributed by atoms with Crippen molar-refractivity contribution < 1.29 is 0 Å². The van der Waals surface area contributed by atoms with Gasteiger partial charge >= 0.3 is 0 Å². The van der Waals surface area contributed by atoms with Gasteiger partial charge in [0.15, 0.2) is 0 Å². The standard InChI is InChI=1S/C12H13N3/c1-12(2,8-13)10-7-15(3)11-9(10)5-4-6-14-11/h4-7H,1-3H3. The highest BCUT2D eigenvalue weighted by Crippen LogP contribution is 2.29. The fourth-order valence-electron chi connectivity index (χ4n) is 1.77. The summed E-state index contributed by atoms with van der Waals surface area (Å²) in [7, 11) is 1.95. The van der Waals surface area contributed by atoms with Gasteiger partial charge in [0.25, 0.3) is 0 Å². The zero-order valence-corrected chi connectivity index (χ0v) is 9.15. The molecule has 2 rings (SSSR count). The van der Waals surface area contributed by atoms with E-state index in [9.17, 15) is 0 Å². The van der Waals surface area contributed by atoms with Crippen LogP contribution in [0.2, 0.25) is 0 Å². The molecule has 0 saturated heterocycles. The van der Waals surface area contributed by atoms with Crippen molar-refractivity contribution in [2.75, 3.05) is 0 Å². The molecule has 0 atom stereocenters. The van der Waals surface area contributed by atoms with Crippen molar-refractivity contribution in [3.8, 4) is 6.07 Å². The Labute approximate surface area is 89.0 Å². The molecule has 76 valence electrons. The fourth-order valence-corrected chi connectivity index (χ4v) is 1.77. The molecular weight excluding hydrogens is 186 g/mol. The maximum Gasteiger partial charge on any atom is 0.139 e. The molecule has 0 aromatic carbocycles. The topological polar surface area (TPSA) is 41.6 Å². The van der Waals surface area contributed by atoms with E-state index < -0.39 is 5.41 Å². The molecule has 2 heterocycles. The minimum absolute atomic E-state index is 0.470. The van der Waals surface area contributed by atoms with Gasteiger partial charge in [0, 0.05) is 24.8 Å². The molecule has 15 heavy (non-hydrogen) atoms. The largest absolute Gasteiger partial charge is 0.335 e. The van der Waals surface area contributed by atoms with Crippen LogP contribution in [0.15, 0.2) is 24.5 Å². The Hall–Kier alpha value is -1.82. The van der Waals surface area contributed by atoms with E-state index in [0.29, 0.717) is 0 Å². The molecule has 0 radical (unpaired) electrons. The van der Waals surface area contributed by atoms with Crippen LogP contribution >= 0.6 is 0 Å². The van der Waals surface area contributed by atoms with Gasteiger partial charge in [0.1, 0.15) is 5.65 Å². The number of aromatic nitrogens is 2. The SMILES string of the molecule is Cn1cc(C(C)(C)C#N)c2cccnc21. The molecule has 2 aromatic rings. The zero-order valence-electron chi connectivity index (χ0n) is 9.15. The maximum absolute atomic E-state index is 9.14. The van der Waals surface area contributed by atoms with E-state index in [2.05, 4.69) is 11.1 Å². The Morgan fingerprint density at radius 3 is 2.87 bits per heavy atom. The molecular formula is C12H13N3. The molecule has 0 aliphatic carbocycles. The van der Waals surface area contributed by atoms with Gasteiger partial charge in [-0.05, 0) is 31.5 Å². The van der Waals surface area contributed by atoms with E-state index in [1.807, 2.05) is 43.8 Å².